The van der Waals surface area contributed by atoms with E-state index < -0.39 is 0 Å². The number of hydrogen-bond donors (Lipinski definition) is 1. The number of allylic oxidation sites excluding steroid dienone is 1. The first-order valence-corrected chi connectivity index (χ1v) is 9.45. The topological polar surface area (TPSA) is 38.3 Å². The van der Waals surface area contributed by atoms with Gasteiger partial charge in [-0.05, 0) is 55.4 Å². The summed E-state index contributed by atoms with van der Waals surface area (Å²) in [5.41, 5.74) is 1.19. The van der Waals surface area contributed by atoms with Gasteiger partial charge in [0.1, 0.15) is 5.75 Å². The molecule has 0 bridgehead atoms. The molecule has 0 heterocycles. The van der Waals surface area contributed by atoms with Gasteiger partial charge in [-0.1, -0.05) is 50.8 Å². The number of rotatable bonds is 9. The number of carbonyl (C=O) groups is 1. The number of hydrogen-bond acceptors (Lipinski definition) is 2. The fourth-order valence-corrected chi connectivity index (χ4v) is 3.06. The number of amides is 1. The van der Waals surface area contributed by atoms with Gasteiger partial charge in [-0.3, -0.25) is 4.79 Å². The Bertz CT molecular complexity index is 518. The maximum Gasteiger partial charge on any atom is 0.243 e. The van der Waals surface area contributed by atoms with Crippen molar-refractivity contribution in [3.63, 3.8) is 0 Å². The van der Waals surface area contributed by atoms with Crippen LogP contribution in [-0.4, -0.2) is 19.1 Å². The Hall–Kier alpha value is -1.77. The van der Waals surface area contributed by atoms with Gasteiger partial charge in [0.25, 0.3) is 0 Å². The Labute approximate surface area is 146 Å². The Morgan fingerprint density at radius 2 is 2.12 bits per heavy atom. The van der Waals surface area contributed by atoms with Crippen molar-refractivity contribution in [1.29, 1.82) is 0 Å². The van der Waals surface area contributed by atoms with Crippen LogP contribution >= 0.6 is 0 Å². The van der Waals surface area contributed by atoms with Crippen molar-refractivity contribution in [3.05, 3.63) is 42.0 Å². The summed E-state index contributed by atoms with van der Waals surface area (Å²) >= 11 is 0. The molecule has 0 aliphatic heterocycles. The van der Waals surface area contributed by atoms with Crippen LogP contribution in [0, 0.1) is 5.92 Å². The molecule has 0 spiro atoms. The molecule has 2 rings (SSSR count). The summed E-state index contributed by atoms with van der Waals surface area (Å²) in [5, 5.41) is 2.98. The van der Waals surface area contributed by atoms with Crippen molar-refractivity contribution >= 4 is 5.91 Å². The van der Waals surface area contributed by atoms with E-state index in [9.17, 15) is 4.79 Å². The van der Waals surface area contributed by atoms with Crippen molar-refractivity contribution in [2.45, 2.75) is 58.3 Å². The minimum Gasteiger partial charge on any atom is -0.494 e. The number of carbonyl (C=O) groups excluding carboxylic acids is 1. The minimum absolute atomic E-state index is 0.0240. The van der Waals surface area contributed by atoms with Crippen LogP contribution in [0.5, 0.6) is 5.75 Å². The molecular formula is C21H31NO2. The fraction of sp³-hybridized carbons (Fsp3) is 0.571. The first-order valence-electron chi connectivity index (χ1n) is 9.45. The first kappa shape index (κ1) is 18.6. The summed E-state index contributed by atoms with van der Waals surface area (Å²) in [6.07, 6.45) is 13.3. The lowest BCUT2D eigenvalue weighted by atomic mass is 9.89. The van der Waals surface area contributed by atoms with E-state index in [0.717, 1.165) is 31.6 Å². The average Bonchev–Trinajstić information content (AvgIpc) is 2.61. The van der Waals surface area contributed by atoms with E-state index in [0.29, 0.717) is 12.5 Å². The van der Waals surface area contributed by atoms with Crippen LogP contribution in [0.3, 0.4) is 0 Å². The Kier molecular flexibility index (Phi) is 8.43. The highest BCUT2D eigenvalue weighted by atomic mass is 16.5. The van der Waals surface area contributed by atoms with Gasteiger partial charge in [-0.25, -0.2) is 0 Å². The highest BCUT2D eigenvalue weighted by Crippen LogP contribution is 2.24. The lowest BCUT2D eigenvalue weighted by Crippen LogP contribution is -2.23. The monoisotopic (exact) mass is 329 g/mol. The molecule has 0 unspecified atom stereocenters. The normalized spacial score (nSPS) is 15.5. The molecular weight excluding hydrogens is 298 g/mol. The molecule has 0 aromatic heterocycles. The zero-order valence-electron chi connectivity index (χ0n) is 14.9. The number of nitrogens with one attached hydrogen (secondary N) is 1. The van der Waals surface area contributed by atoms with Crippen LogP contribution in [0.25, 0.3) is 0 Å². The van der Waals surface area contributed by atoms with Crippen LogP contribution in [0.2, 0.25) is 0 Å². The minimum atomic E-state index is 0.0240. The SMILES string of the molecule is CCCCOc1cccc(CCNC(=O)C=CC2CCCCC2)c1. The Morgan fingerprint density at radius 3 is 2.92 bits per heavy atom. The average molecular weight is 329 g/mol. The Morgan fingerprint density at radius 1 is 1.29 bits per heavy atom. The van der Waals surface area contributed by atoms with E-state index in [-0.39, 0.29) is 5.91 Å². The second-order valence-corrected chi connectivity index (χ2v) is 6.65. The van der Waals surface area contributed by atoms with Crippen molar-refractivity contribution < 1.29 is 9.53 Å². The van der Waals surface area contributed by atoms with E-state index in [2.05, 4.69) is 30.4 Å². The molecule has 3 heteroatoms. The lowest BCUT2D eigenvalue weighted by molar-refractivity contribution is -0.116. The van der Waals surface area contributed by atoms with Crippen molar-refractivity contribution in [2.75, 3.05) is 13.2 Å². The van der Waals surface area contributed by atoms with E-state index >= 15 is 0 Å². The third-order valence-corrected chi connectivity index (χ3v) is 4.55. The zero-order valence-corrected chi connectivity index (χ0v) is 14.9. The molecule has 1 fully saturated rings. The van der Waals surface area contributed by atoms with Crippen LogP contribution in [-0.2, 0) is 11.2 Å². The molecule has 1 aliphatic carbocycles. The highest BCUT2D eigenvalue weighted by molar-refractivity contribution is 5.87. The van der Waals surface area contributed by atoms with E-state index in [4.69, 9.17) is 4.74 Å². The number of benzene rings is 1. The molecule has 1 saturated carbocycles. The van der Waals surface area contributed by atoms with Gasteiger partial charge in [0.2, 0.25) is 5.91 Å². The second-order valence-electron chi connectivity index (χ2n) is 6.65. The molecule has 1 aromatic carbocycles. The smallest absolute Gasteiger partial charge is 0.243 e. The van der Waals surface area contributed by atoms with E-state index in [1.165, 1.54) is 37.7 Å². The summed E-state index contributed by atoms with van der Waals surface area (Å²) in [7, 11) is 0. The standard InChI is InChI=1S/C21H31NO2/c1-2-3-16-24-20-11-7-10-19(17-20)14-15-22-21(23)13-12-18-8-5-4-6-9-18/h7,10-13,17-18H,2-6,8-9,14-16H2,1H3,(H,22,23). The van der Waals surface area contributed by atoms with E-state index in [1.54, 1.807) is 6.08 Å². The van der Waals surface area contributed by atoms with Crippen molar-refractivity contribution in [3.8, 4) is 5.75 Å². The molecule has 1 aromatic rings. The van der Waals surface area contributed by atoms with Gasteiger partial charge in [0.05, 0.1) is 6.61 Å². The van der Waals surface area contributed by atoms with Crippen LogP contribution in [0.1, 0.15) is 57.4 Å². The zero-order chi connectivity index (χ0) is 17.0. The van der Waals surface area contributed by atoms with Crippen molar-refractivity contribution in [2.24, 2.45) is 5.92 Å². The van der Waals surface area contributed by atoms with Gasteiger partial charge in [-0.15, -0.1) is 0 Å². The summed E-state index contributed by atoms with van der Waals surface area (Å²) in [4.78, 5) is 11.9. The molecule has 0 radical (unpaired) electrons. The molecule has 24 heavy (non-hydrogen) atoms. The van der Waals surface area contributed by atoms with Crippen LogP contribution in [0.15, 0.2) is 36.4 Å². The summed E-state index contributed by atoms with van der Waals surface area (Å²) in [6, 6.07) is 8.16. The summed E-state index contributed by atoms with van der Waals surface area (Å²) < 4.78 is 5.72. The Balaban J connectivity index is 1.68. The van der Waals surface area contributed by atoms with Gasteiger partial charge in [0, 0.05) is 6.54 Å². The van der Waals surface area contributed by atoms with Crippen molar-refractivity contribution in [1.82, 2.24) is 5.32 Å². The molecule has 1 aliphatic rings. The maximum atomic E-state index is 11.9. The van der Waals surface area contributed by atoms with Gasteiger partial charge in [-0.2, -0.15) is 0 Å². The maximum absolute atomic E-state index is 11.9. The quantitative estimate of drug-likeness (QED) is 0.528. The third-order valence-electron chi connectivity index (χ3n) is 4.55. The predicted octanol–water partition coefficient (Wildman–Crippen LogP) is 4.66. The van der Waals surface area contributed by atoms with Gasteiger partial charge in [0.15, 0.2) is 0 Å². The molecule has 1 N–H and O–H groups in total. The molecule has 3 nitrogen and oxygen atoms in total. The van der Waals surface area contributed by atoms with Crippen LogP contribution < -0.4 is 10.1 Å². The first-order chi connectivity index (χ1) is 11.8. The molecule has 1 amide bonds. The molecule has 0 saturated heterocycles. The predicted molar refractivity (Wildman–Crippen MR) is 99.3 cm³/mol. The number of ether oxygens (including phenoxy) is 1. The summed E-state index contributed by atoms with van der Waals surface area (Å²) in [5.74, 6) is 1.54. The fourth-order valence-electron chi connectivity index (χ4n) is 3.06. The largest absolute Gasteiger partial charge is 0.494 e. The summed E-state index contributed by atoms with van der Waals surface area (Å²) in [6.45, 7) is 3.58. The third kappa shape index (κ3) is 7.20. The molecule has 132 valence electrons. The second kappa shape index (κ2) is 10.9. The van der Waals surface area contributed by atoms with Gasteiger partial charge >= 0.3 is 0 Å². The number of unbranched alkanes of at least 4 members (excludes halogenated alkanes) is 1. The molecule has 0 atom stereocenters. The highest BCUT2D eigenvalue weighted by Gasteiger charge is 2.10. The lowest BCUT2D eigenvalue weighted by Gasteiger charge is -2.17. The van der Waals surface area contributed by atoms with Crippen LogP contribution in [0.4, 0.5) is 0 Å². The van der Waals surface area contributed by atoms with E-state index in [1.807, 2.05) is 12.1 Å². The van der Waals surface area contributed by atoms with Gasteiger partial charge < -0.3 is 10.1 Å².